The summed E-state index contributed by atoms with van der Waals surface area (Å²) in [5.74, 6) is 1.61. The molecule has 2 N–H and O–H groups in total. The first-order chi connectivity index (χ1) is 9.56. The Kier molecular flexibility index (Phi) is 5.06. The Labute approximate surface area is 123 Å². The largest absolute Gasteiger partial charge is 0.496 e. The van der Waals surface area contributed by atoms with Gasteiger partial charge in [0.2, 0.25) is 0 Å². The summed E-state index contributed by atoms with van der Waals surface area (Å²) in [4.78, 5) is 2.59. The number of likely N-dealkylation sites (tertiary alicyclic amines) is 1. The maximum absolute atomic E-state index is 6.34. The lowest BCUT2D eigenvalue weighted by Gasteiger charge is -2.38. The molecule has 1 aliphatic rings. The lowest BCUT2D eigenvalue weighted by molar-refractivity contribution is 0.128. The summed E-state index contributed by atoms with van der Waals surface area (Å²) in [6, 6.07) is 9.23. The molecular weight excluding hydrogens is 248 g/mol. The van der Waals surface area contributed by atoms with Gasteiger partial charge < -0.3 is 10.5 Å². The summed E-state index contributed by atoms with van der Waals surface area (Å²) in [5, 5.41) is 0. The number of ether oxygens (including phenoxy) is 1. The molecule has 1 fully saturated rings. The molecule has 1 saturated heterocycles. The normalized spacial score (nSPS) is 23.0. The van der Waals surface area contributed by atoms with E-state index in [-0.39, 0.29) is 12.1 Å². The molecule has 1 heterocycles. The zero-order valence-electron chi connectivity index (χ0n) is 13.2. The van der Waals surface area contributed by atoms with E-state index in [1.165, 1.54) is 18.4 Å². The van der Waals surface area contributed by atoms with Crippen molar-refractivity contribution in [1.82, 2.24) is 4.90 Å². The third-order valence-electron chi connectivity index (χ3n) is 4.42. The van der Waals surface area contributed by atoms with Crippen LogP contribution in [-0.4, -0.2) is 30.6 Å². The molecule has 0 saturated carbocycles. The van der Waals surface area contributed by atoms with Crippen molar-refractivity contribution in [3.05, 3.63) is 29.8 Å². The number of methoxy groups -OCH3 is 1. The first-order valence-electron chi connectivity index (χ1n) is 7.70. The highest BCUT2D eigenvalue weighted by Gasteiger charge is 2.36. The number of hydrogen-bond donors (Lipinski definition) is 1. The molecule has 1 aromatic carbocycles. The Morgan fingerprint density at radius 3 is 2.55 bits per heavy atom. The third-order valence-corrected chi connectivity index (χ3v) is 4.42. The van der Waals surface area contributed by atoms with Gasteiger partial charge in [-0.1, -0.05) is 32.0 Å². The molecule has 0 aromatic heterocycles. The van der Waals surface area contributed by atoms with E-state index in [0.717, 1.165) is 12.3 Å². The zero-order chi connectivity index (χ0) is 14.7. The van der Waals surface area contributed by atoms with Crippen LogP contribution in [0.1, 0.15) is 45.2 Å². The Bertz CT molecular complexity index is 431. The smallest absolute Gasteiger partial charge is 0.123 e. The molecule has 0 aliphatic carbocycles. The fourth-order valence-electron chi connectivity index (χ4n) is 3.55. The SMILES string of the molecule is COc1ccccc1C(C(C)N)N1CCCC1C(C)C. The van der Waals surface area contributed by atoms with Crippen molar-refractivity contribution >= 4 is 0 Å². The molecule has 0 amide bonds. The maximum Gasteiger partial charge on any atom is 0.123 e. The summed E-state index contributed by atoms with van der Waals surface area (Å²) < 4.78 is 5.55. The van der Waals surface area contributed by atoms with E-state index in [4.69, 9.17) is 10.5 Å². The second-order valence-electron chi connectivity index (χ2n) is 6.24. The highest BCUT2D eigenvalue weighted by Crippen LogP contribution is 2.37. The molecule has 3 nitrogen and oxygen atoms in total. The number of rotatable bonds is 5. The van der Waals surface area contributed by atoms with E-state index in [2.05, 4.69) is 37.8 Å². The molecule has 2 rings (SSSR count). The molecule has 0 radical (unpaired) electrons. The fourth-order valence-corrected chi connectivity index (χ4v) is 3.55. The van der Waals surface area contributed by atoms with Gasteiger partial charge in [0.15, 0.2) is 0 Å². The van der Waals surface area contributed by atoms with Crippen molar-refractivity contribution in [1.29, 1.82) is 0 Å². The Hall–Kier alpha value is -1.06. The summed E-state index contributed by atoms with van der Waals surface area (Å²) in [6.45, 7) is 7.85. The summed E-state index contributed by atoms with van der Waals surface area (Å²) in [5.41, 5.74) is 7.56. The molecule has 20 heavy (non-hydrogen) atoms. The van der Waals surface area contributed by atoms with Crippen LogP contribution in [0.3, 0.4) is 0 Å². The molecule has 3 heteroatoms. The minimum absolute atomic E-state index is 0.0886. The number of hydrogen-bond acceptors (Lipinski definition) is 3. The number of nitrogens with two attached hydrogens (primary N) is 1. The van der Waals surface area contributed by atoms with Crippen LogP contribution in [0.15, 0.2) is 24.3 Å². The van der Waals surface area contributed by atoms with Crippen molar-refractivity contribution in [3.8, 4) is 5.75 Å². The lowest BCUT2D eigenvalue weighted by Crippen LogP contribution is -2.44. The average Bonchev–Trinajstić information content (AvgIpc) is 2.88. The van der Waals surface area contributed by atoms with Crippen LogP contribution in [-0.2, 0) is 0 Å². The van der Waals surface area contributed by atoms with Crippen LogP contribution in [0, 0.1) is 5.92 Å². The second-order valence-corrected chi connectivity index (χ2v) is 6.24. The number of nitrogens with zero attached hydrogens (tertiary/aromatic N) is 1. The van der Waals surface area contributed by atoms with Gasteiger partial charge in [-0.15, -0.1) is 0 Å². The molecular formula is C17H28N2O. The summed E-state index contributed by atoms with van der Waals surface area (Å²) in [7, 11) is 1.74. The maximum atomic E-state index is 6.34. The van der Waals surface area contributed by atoms with E-state index in [0.29, 0.717) is 12.0 Å². The van der Waals surface area contributed by atoms with Gasteiger partial charge in [-0.05, 0) is 38.3 Å². The molecule has 0 bridgehead atoms. The van der Waals surface area contributed by atoms with Gasteiger partial charge in [0.25, 0.3) is 0 Å². The van der Waals surface area contributed by atoms with Crippen molar-refractivity contribution in [2.24, 2.45) is 11.7 Å². The molecule has 3 atom stereocenters. The van der Waals surface area contributed by atoms with Crippen molar-refractivity contribution in [2.75, 3.05) is 13.7 Å². The summed E-state index contributed by atoms with van der Waals surface area (Å²) in [6.07, 6.45) is 2.54. The zero-order valence-corrected chi connectivity index (χ0v) is 13.2. The second kappa shape index (κ2) is 6.59. The molecule has 1 aliphatic heterocycles. The van der Waals surface area contributed by atoms with E-state index < -0.39 is 0 Å². The van der Waals surface area contributed by atoms with Crippen molar-refractivity contribution < 1.29 is 4.74 Å². The summed E-state index contributed by atoms with van der Waals surface area (Å²) >= 11 is 0. The van der Waals surface area contributed by atoms with Crippen molar-refractivity contribution in [2.45, 2.75) is 51.7 Å². The van der Waals surface area contributed by atoms with Gasteiger partial charge in [-0.2, -0.15) is 0 Å². The van der Waals surface area contributed by atoms with Crippen LogP contribution in [0.2, 0.25) is 0 Å². The third kappa shape index (κ3) is 2.99. The first-order valence-corrected chi connectivity index (χ1v) is 7.70. The Morgan fingerprint density at radius 2 is 1.95 bits per heavy atom. The highest BCUT2D eigenvalue weighted by molar-refractivity contribution is 5.37. The molecule has 3 unspecified atom stereocenters. The van der Waals surface area contributed by atoms with Gasteiger partial charge in [-0.3, -0.25) is 4.90 Å². The van der Waals surface area contributed by atoms with Crippen LogP contribution in [0.25, 0.3) is 0 Å². The van der Waals surface area contributed by atoms with E-state index in [1.54, 1.807) is 7.11 Å². The quantitative estimate of drug-likeness (QED) is 0.897. The number of para-hydroxylation sites is 1. The monoisotopic (exact) mass is 276 g/mol. The standard InChI is InChI=1S/C17H28N2O/c1-12(2)15-9-7-11-19(15)17(13(3)18)14-8-5-6-10-16(14)20-4/h5-6,8,10,12-13,15,17H,7,9,11,18H2,1-4H3. The van der Waals surface area contributed by atoms with Gasteiger partial charge in [-0.25, -0.2) is 0 Å². The molecule has 1 aromatic rings. The Balaban J connectivity index is 2.36. The van der Waals surface area contributed by atoms with Gasteiger partial charge in [0, 0.05) is 17.6 Å². The van der Waals surface area contributed by atoms with Crippen LogP contribution in [0.4, 0.5) is 0 Å². The highest BCUT2D eigenvalue weighted by atomic mass is 16.5. The van der Waals surface area contributed by atoms with Crippen molar-refractivity contribution in [3.63, 3.8) is 0 Å². The average molecular weight is 276 g/mol. The van der Waals surface area contributed by atoms with Gasteiger partial charge >= 0.3 is 0 Å². The number of benzene rings is 1. The van der Waals surface area contributed by atoms with E-state index >= 15 is 0 Å². The predicted octanol–water partition coefficient (Wildman–Crippen LogP) is 3.20. The van der Waals surface area contributed by atoms with Gasteiger partial charge in [0.1, 0.15) is 5.75 Å². The predicted molar refractivity (Wildman–Crippen MR) is 84.0 cm³/mol. The Morgan fingerprint density at radius 1 is 1.25 bits per heavy atom. The minimum atomic E-state index is 0.0886. The van der Waals surface area contributed by atoms with Gasteiger partial charge in [0.05, 0.1) is 13.2 Å². The molecule has 112 valence electrons. The first kappa shape index (κ1) is 15.3. The lowest BCUT2D eigenvalue weighted by atomic mass is 9.94. The van der Waals surface area contributed by atoms with E-state index in [1.807, 2.05) is 12.1 Å². The minimum Gasteiger partial charge on any atom is -0.496 e. The van der Waals surface area contributed by atoms with Crippen LogP contribution in [0.5, 0.6) is 5.75 Å². The van der Waals surface area contributed by atoms with E-state index in [9.17, 15) is 0 Å². The van der Waals surface area contributed by atoms with Crippen LogP contribution >= 0.6 is 0 Å². The fraction of sp³-hybridized carbons (Fsp3) is 0.647. The van der Waals surface area contributed by atoms with Crippen LogP contribution < -0.4 is 10.5 Å². The molecule has 0 spiro atoms. The topological polar surface area (TPSA) is 38.5 Å².